The minimum Gasteiger partial charge on any atom is -0.415 e. The lowest BCUT2D eigenvalue weighted by Gasteiger charge is -2.37. The van der Waals surface area contributed by atoms with Gasteiger partial charge < -0.3 is 35.8 Å². The first-order valence-corrected chi connectivity index (χ1v) is 18.1. The fourth-order valence-electron chi connectivity index (χ4n) is 6.78. The van der Waals surface area contributed by atoms with E-state index in [-0.39, 0.29) is 53.7 Å². The molecule has 4 N–H and O–H groups in total. The molecular weight excluding hydrogens is 680 g/mol. The Balaban J connectivity index is 1.76. The second kappa shape index (κ2) is 16.9. The molecule has 2 fully saturated rings. The standard InChI is InChI=1S/C39H58N6O8/c1-21(2)18-26(31(47)34(49)40-19-27(46)42-29(35(50)44(11)12)24-16-14-13-15-17-24)41-33(48)30-28-25(39(28,9)10)20-45(30)36(51)32(38(6,7)8)43-37(52)53-23(5)22(3)4/h13-17,21-22,25-26,28-30,32H,5,18-20H2,1-4,6-12H3,(H,40,49)(H,41,48)(H,42,46)(H,43,52)/t25-,26?,28-,29+,30+,32-/m1/s1. The van der Waals surface area contributed by atoms with Crippen molar-refractivity contribution in [1.29, 1.82) is 0 Å². The zero-order valence-corrected chi connectivity index (χ0v) is 33.0. The number of benzene rings is 1. The SMILES string of the molecule is C=C(OC(=O)N[C@H](C(=O)N1C[C@@H]2[C@H]([C@H]1C(=O)NC(CC(C)C)C(=O)C(=O)NCC(=O)N[C@H](C(=O)N(C)C)c1ccccc1)C2(C)C)C(C)(C)C)C(C)C. The van der Waals surface area contributed by atoms with Crippen LogP contribution < -0.4 is 21.3 Å². The Bertz CT molecular complexity index is 1580. The molecule has 3 rings (SSSR count). The molecule has 0 spiro atoms. The van der Waals surface area contributed by atoms with Gasteiger partial charge >= 0.3 is 6.09 Å². The molecule has 1 heterocycles. The molecule has 1 aromatic carbocycles. The molecule has 14 nitrogen and oxygen atoms in total. The van der Waals surface area contributed by atoms with Crippen LogP contribution in [0.2, 0.25) is 0 Å². The van der Waals surface area contributed by atoms with Crippen LogP contribution in [-0.2, 0) is 33.5 Å². The van der Waals surface area contributed by atoms with Crippen LogP contribution in [0, 0.1) is 34.5 Å². The highest BCUT2D eigenvalue weighted by Gasteiger charge is 2.70. The summed E-state index contributed by atoms with van der Waals surface area (Å²) in [6.45, 7) is 20.2. The molecule has 6 atom stereocenters. The highest BCUT2D eigenvalue weighted by molar-refractivity contribution is 6.38. The van der Waals surface area contributed by atoms with Crippen LogP contribution in [0.15, 0.2) is 42.7 Å². The summed E-state index contributed by atoms with van der Waals surface area (Å²) in [6.07, 6.45) is -0.710. The van der Waals surface area contributed by atoms with Gasteiger partial charge in [0.15, 0.2) is 0 Å². The maximum atomic E-state index is 14.2. The van der Waals surface area contributed by atoms with Gasteiger partial charge in [-0.2, -0.15) is 0 Å². The van der Waals surface area contributed by atoms with Crippen LogP contribution in [0.4, 0.5) is 4.79 Å². The number of carbonyl (C=O) groups excluding carboxylic acids is 7. The van der Waals surface area contributed by atoms with E-state index in [1.807, 2.05) is 41.5 Å². The van der Waals surface area contributed by atoms with Crippen molar-refractivity contribution in [3.8, 4) is 0 Å². The predicted molar refractivity (Wildman–Crippen MR) is 199 cm³/mol. The number of likely N-dealkylation sites (tertiary alicyclic amines) is 1. The number of Topliss-reactive ketones (excluding diaryl/α,β-unsaturated/α-hetero) is 1. The lowest BCUT2D eigenvalue weighted by molar-refractivity contribution is -0.145. The molecule has 6 amide bonds. The Morgan fingerprint density at radius 1 is 0.962 bits per heavy atom. The van der Waals surface area contributed by atoms with Gasteiger partial charge in [-0.15, -0.1) is 0 Å². The average Bonchev–Trinajstić information content (AvgIpc) is 3.37. The summed E-state index contributed by atoms with van der Waals surface area (Å²) < 4.78 is 5.31. The molecule has 292 valence electrons. The highest BCUT2D eigenvalue weighted by atomic mass is 16.6. The van der Waals surface area contributed by atoms with Gasteiger partial charge in [-0.25, -0.2) is 4.79 Å². The fourth-order valence-corrected chi connectivity index (χ4v) is 6.78. The summed E-state index contributed by atoms with van der Waals surface area (Å²) in [5.41, 5.74) is -0.477. The Labute approximate surface area is 313 Å². The number of nitrogens with one attached hydrogen (secondary N) is 4. The van der Waals surface area contributed by atoms with Gasteiger partial charge in [0.1, 0.15) is 23.9 Å². The molecular formula is C39H58N6O8. The number of rotatable bonds is 15. The number of ketones is 1. The molecule has 1 aromatic rings. The van der Waals surface area contributed by atoms with Crippen LogP contribution in [-0.4, -0.2) is 96.5 Å². The number of hydrogen-bond acceptors (Lipinski definition) is 8. The first-order chi connectivity index (χ1) is 24.5. The zero-order chi connectivity index (χ0) is 40.2. The van der Waals surface area contributed by atoms with Crippen LogP contribution in [0.5, 0.6) is 0 Å². The number of likely N-dealkylation sites (N-methyl/N-ethyl adjacent to an activating group) is 1. The van der Waals surface area contributed by atoms with E-state index in [1.165, 1.54) is 9.80 Å². The van der Waals surface area contributed by atoms with Crippen LogP contribution in [0.1, 0.15) is 80.3 Å². The molecule has 2 aliphatic rings. The third-order valence-electron chi connectivity index (χ3n) is 10.1. The van der Waals surface area contributed by atoms with E-state index in [2.05, 4.69) is 27.8 Å². The monoisotopic (exact) mass is 738 g/mol. The van der Waals surface area contributed by atoms with E-state index in [0.717, 1.165) is 0 Å². The van der Waals surface area contributed by atoms with Gasteiger partial charge in [0.05, 0.1) is 12.6 Å². The van der Waals surface area contributed by atoms with Crippen molar-refractivity contribution in [2.24, 2.45) is 34.5 Å². The normalized spacial score (nSPS) is 20.3. The van der Waals surface area contributed by atoms with E-state index < -0.39 is 71.6 Å². The average molecular weight is 739 g/mol. The fraction of sp³-hybridized carbons (Fsp3) is 0.615. The van der Waals surface area contributed by atoms with Gasteiger partial charge in [0.25, 0.3) is 5.91 Å². The molecule has 1 unspecified atom stereocenters. The first-order valence-electron chi connectivity index (χ1n) is 18.1. The van der Waals surface area contributed by atoms with E-state index in [9.17, 15) is 33.6 Å². The van der Waals surface area contributed by atoms with Crippen LogP contribution in [0.25, 0.3) is 0 Å². The Kier molecular flexibility index (Phi) is 13.6. The van der Waals surface area contributed by atoms with Crippen molar-refractivity contribution in [2.45, 2.75) is 92.9 Å². The summed E-state index contributed by atoms with van der Waals surface area (Å²) in [4.78, 5) is 96.4. The van der Waals surface area contributed by atoms with Crippen molar-refractivity contribution < 1.29 is 38.3 Å². The number of carbonyl (C=O) groups is 7. The molecule has 0 aromatic heterocycles. The van der Waals surface area contributed by atoms with E-state index in [0.29, 0.717) is 5.56 Å². The van der Waals surface area contributed by atoms with Gasteiger partial charge in [-0.05, 0) is 40.6 Å². The van der Waals surface area contributed by atoms with Crippen LogP contribution in [0.3, 0.4) is 0 Å². The van der Waals surface area contributed by atoms with Crippen molar-refractivity contribution in [3.63, 3.8) is 0 Å². The molecule has 14 heteroatoms. The van der Waals surface area contributed by atoms with Gasteiger partial charge in [0, 0.05) is 26.6 Å². The minimum atomic E-state index is -1.25. The van der Waals surface area contributed by atoms with Crippen molar-refractivity contribution in [1.82, 2.24) is 31.1 Å². The maximum absolute atomic E-state index is 14.2. The Morgan fingerprint density at radius 3 is 2.09 bits per heavy atom. The molecule has 0 radical (unpaired) electrons. The largest absolute Gasteiger partial charge is 0.415 e. The Morgan fingerprint density at radius 2 is 1.57 bits per heavy atom. The number of piperidine rings is 1. The minimum absolute atomic E-state index is 0.00985. The zero-order valence-electron chi connectivity index (χ0n) is 33.0. The number of alkyl carbamates (subject to hydrolysis) is 1. The van der Waals surface area contributed by atoms with Gasteiger partial charge in [-0.1, -0.05) is 99.2 Å². The quantitative estimate of drug-likeness (QED) is 0.157. The second-order valence-electron chi connectivity index (χ2n) is 16.7. The summed E-state index contributed by atoms with van der Waals surface area (Å²) in [7, 11) is 3.11. The van der Waals surface area contributed by atoms with E-state index in [1.54, 1.807) is 65.2 Å². The maximum Gasteiger partial charge on any atom is 0.412 e. The van der Waals surface area contributed by atoms with E-state index >= 15 is 0 Å². The van der Waals surface area contributed by atoms with Crippen molar-refractivity contribution >= 4 is 41.4 Å². The van der Waals surface area contributed by atoms with Gasteiger partial charge in [0.2, 0.25) is 29.4 Å². The van der Waals surface area contributed by atoms with Crippen molar-refractivity contribution in [3.05, 3.63) is 48.2 Å². The number of ether oxygens (including phenoxy) is 1. The predicted octanol–water partition coefficient (Wildman–Crippen LogP) is 2.94. The molecule has 1 saturated heterocycles. The summed E-state index contributed by atoms with van der Waals surface area (Å²) in [6, 6.07) is 4.35. The molecule has 1 aliphatic carbocycles. The summed E-state index contributed by atoms with van der Waals surface area (Å²) in [5, 5.41) is 10.4. The number of hydrogen-bond donors (Lipinski definition) is 4. The van der Waals surface area contributed by atoms with Crippen LogP contribution >= 0.6 is 0 Å². The highest BCUT2D eigenvalue weighted by Crippen LogP contribution is 2.65. The molecule has 53 heavy (non-hydrogen) atoms. The topological polar surface area (TPSA) is 183 Å². The lowest BCUT2D eigenvalue weighted by Crippen LogP contribution is -2.60. The number of fused-ring (bicyclic) bond motifs is 1. The molecule has 0 bridgehead atoms. The van der Waals surface area contributed by atoms with E-state index in [4.69, 9.17) is 4.74 Å². The summed E-state index contributed by atoms with van der Waals surface area (Å²) in [5.74, 6) is -4.36. The summed E-state index contributed by atoms with van der Waals surface area (Å²) >= 11 is 0. The van der Waals surface area contributed by atoms with Crippen molar-refractivity contribution in [2.75, 3.05) is 27.2 Å². The second-order valence-corrected chi connectivity index (χ2v) is 16.7. The number of nitrogens with zero attached hydrogens (tertiary/aromatic N) is 2. The smallest absolute Gasteiger partial charge is 0.412 e. The van der Waals surface area contributed by atoms with Gasteiger partial charge in [-0.3, -0.25) is 28.8 Å². The number of amides is 6. The first kappa shape index (κ1) is 42.7. The molecule has 1 saturated carbocycles. The third kappa shape index (κ3) is 10.4. The Hall–Kier alpha value is -4.75. The number of allylic oxidation sites excluding steroid dienone is 1. The lowest BCUT2D eigenvalue weighted by atomic mass is 9.85. The molecule has 1 aliphatic heterocycles. The third-order valence-corrected chi connectivity index (χ3v) is 10.1.